The van der Waals surface area contributed by atoms with Crippen LogP contribution in [0.5, 0.6) is 11.5 Å². The second-order valence-corrected chi connectivity index (χ2v) is 13.0. The summed E-state index contributed by atoms with van der Waals surface area (Å²) >= 11 is 0. The third-order valence-electron chi connectivity index (χ3n) is 6.15. The van der Waals surface area contributed by atoms with Crippen molar-refractivity contribution in [3.63, 3.8) is 0 Å². The molecule has 0 spiro atoms. The van der Waals surface area contributed by atoms with Gasteiger partial charge in [0, 0.05) is 6.42 Å². The molecule has 0 amide bonds. The summed E-state index contributed by atoms with van der Waals surface area (Å²) in [7, 11) is 0. The molecule has 2 aromatic carbocycles. The van der Waals surface area contributed by atoms with Crippen molar-refractivity contribution in [3.8, 4) is 11.5 Å². The quantitative estimate of drug-likeness (QED) is 0.0981. The van der Waals surface area contributed by atoms with E-state index in [1.807, 2.05) is 24.3 Å². The second-order valence-electron chi connectivity index (χ2n) is 13.0. The summed E-state index contributed by atoms with van der Waals surface area (Å²) in [5.41, 5.74) is 1.29. The van der Waals surface area contributed by atoms with Crippen molar-refractivity contribution in [1.82, 2.24) is 0 Å². The Morgan fingerprint density at radius 3 is 1.58 bits per heavy atom. The number of halogens is 5. The first kappa shape index (κ1) is 31.9. The molecule has 0 radical (unpaired) electrons. The van der Waals surface area contributed by atoms with Crippen LogP contribution in [0.2, 0.25) is 0 Å². The van der Waals surface area contributed by atoms with Crippen LogP contribution >= 0.6 is 0 Å². The summed E-state index contributed by atoms with van der Waals surface area (Å²) in [5, 5.41) is 0. The monoisotopic (exact) mass is 544 g/mol. The molecule has 38 heavy (non-hydrogen) atoms. The molecule has 0 aliphatic rings. The molecular formula is C30H41F5O3. The lowest BCUT2D eigenvalue weighted by Crippen LogP contribution is -2.30. The summed E-state index contributed by atoms with van der Waals surface area (Å²) in [4.78, 5) is 0. The fourth-order valence-corrected chi connectivity index (χ4v) is 4.95. The van der Waals surface area contributed by atoms with Crippen molar-refractivity contribution < 1.29 is 36.2 Å². The zero-order valence-corrected chi connectivity index (χ0v) is 23.9. The molecule has 3 nitrogen and oxygen atoms in total. The Kier molecular flexibility index (Phi) is 10.3. The zero-order chi connectivity index (χ0) is 29.1. The molecule has 0 aliphatic carbocycles. The van der Waals surface area contributed by atoms with Gasteiger partial charge >= 0.3 is 0 Å². The predicted molar refractivity (Wildman–Crippen MR) is 139 cm³/mol. The van der Waals surface area contributed by atoms with Gasteiger partial charge in [0.15, 0.2) is 12.0 Å². The van der Waals surface area contributed by atoms with Crippen molar-refractivity contribution in [2.75, 3.05) is 13.2 Å². The molecule has 0 bridgehead atoms. The molecule has 0 aliphatic heterocycles. The highest BCUT2D eigenvalue weighted by Crippen LogP contribution is 2.47. The average Bonchev–Trinajstić information content (AvgIpc) is 2.78. The first-order valence-corrected chi connectivity index (χ1v) is 12.9. The number of rotatable bonds is 10. The molecule has 1 atom stereocenters. The predicted octanol–water partition coefficient (Wildman–Crippen LogP) is 9.18. The van der Waals surface area contributed by atoms with Gasteiger partial charge in [0.2, 0.25) is 29.1 Å². The van der Waals surface area contributed by atoms with E-state index in [1.165, 1.54) is 5.56 Å². The summed E-state index contributed by atoms with van der Waals surface area (Å²) in [5.74, 6) is -10.8. The molecule has 8 heteroatoms. The lowest BCUT2D eigenvalue weighted by Gasteiger charge is -2.41. The van der Waals surface area contributed by atoms with Crippen LogP contribution in [-0.2, 0) is 4.74 Å². The largest absolute Gasteiger partial charge is 0.485 e. The third kappa shape index (κ3) is 8.58. The van der Waals surface area contributed by atoms with Gasteiger partial charge in [0.05, 0.1) is 6.61 Å². The van der Waals surface area contributed by atoms with Crippen LogP contribution in [0.15, 0.2) is 24.3 Å². The van der Waals surface area contributed by atoms with Crippen LogP contribution in [0.3, 0.4) is 0 Å². The Morgan fingerprint density at radius 2 is 1.13 bits per heavy atom. The van der Waals surface area contributed by atoms with E-state index in [2.05, 4.69) is 62.3 Å². The Balaban J connectivity index is 2.12. The first-order chi connectivity index (χ1) is 17.3. The average molecular weight is 545 g/mol. The molecule has 214 valence electrons. The highest BCUT2D eigenvalue weighted by Gasteiger charge is 2.36. The van der Waals surface area contributed by atoms with Crippen LogP contribution in [0.25, 0.3) is 0 Å². The van der Waals surface area contributed by atoms with Crippen molar-refractivity contribution in [1.29, 1.82) is 0 Å². The zero-order valence-electron chi connectivity index (χ0n) is 23.9. The van der Waals surface area contributed by atoms with Crippen LogP contribution in [-0.4, -0.2) is 19.5 Å². The van der Waals surface area contributed by atoms with Crippen molar-refractivity contribution in [3.05, 3.63) is 58.9 Å². The second kappa shape index (κ2) is 12.2. The van der Waals surface area contributed by atoms with Crippen LogP contribution in [0.1, 0.15) is 86.6 Å². The minimum absolute atomic E-state index is 0.00656. The third-order valence-corrected chi connectivity index (χ3v) is 6.15. The first-order valence-electron chi connectivity index (χ1n) is 12.9. The Labute approximate surface area is 223 Å². The van der Waals surface area contributed by atoms with E-state index < -0.39 is 47.7 Å². The van der Waals surface area contributed by atoms with E-state index in [0.717, 1.165) is 6.42 Å². The highest BCUT2D eigenvalue weighted by atomic mass is 19.2. The molecule has 1 unspecified atom stereocenters. The lowest BCUT2D eigenvalue weighted by atomic mass is 9.64. The molecule has 0 fully saturated rings. The normalized spacial score (nSPS) is 13.7. The van der Waals surface area contributed by atoms with Gasteiger partial charge in [0.1, 0.15) is 12.4 Å². The molecule has 0 N–H and O–H groups in total. The molecular weight excluding hydrogens is 503 g/mol. The van der Waals surface area contributed by atoms with Crippen LogP contribution in [0.4, 0.5) is 22.0 Å². The molecule has 2 aromatic rings. The molecule has 0 aromatic heterocycles. The maximum absolute atomic E-state index is 13.9. The van der Waals surface area contributed by atoms with Gasteiger partial charge in [-0.1, -0.05) is 74.4 Å². The summed E-state index contributed by atoms with van der Waals surface area (Å²) < 4.78 is 84.5. The van der Waals surface area contributed by atoms with E-state index in [4.69, 9.17) is 14.2 Å². The topological polar surface area (TPSA) is 27.7 Å². The van der Waals surface area contributed by atoms with Gasteiger partial charge in [-0.05, 0) is 46.3 Å². The summed E-state index contributed by atoms with van der Waals surface area (Å²) in [6.45, 7) is 18.9. The Morgan fingerprint density at radius 1 is 0.658 bits per heavy atom. The van der Waals surface area contributed by atoms with E-state index in [0.29, 0.717) is 18.1 Å². The summed E-state index contributed by atoms with van der Waals surface area (Å²) in [6.07, 6.45) is 0.561. The van der Waals surface area contributed by atoms with E-state index in [9.17, 15) is 22.0 Å². The van der Waals surface area contributed by atoms with Gasteiger partial charge in [-0.25, -0.2) is 13.2 Å². The van der Waals surface area contributed by atoms with Gasteiger partial charge in [-0.15, -0.1) is 0 Å². The van der Waals surface area contributed by atoms with Crippen LogP contribution in [0, 0.1) is 45.3 Å². The van der Waals surface area contributed by atoms with Gasteiger partial charge in [-0.3, -0.25) is 0 Å². The van der Waals surface area contributed by atoms with Crippen molar-refractivity contribution in [2.45, 2.75) is 87.4 Å². The smallest absolute Gasteiger partial charge is 0.206 e. The van der Waals surface area contributed by atoms with Gasteiger partial charge < -0.3 is 14.2 Å². The van der Waals surface area contributed by atoms with Crippen molar-refractivity contribution >= 4 is 0 Å². The maximum atomic E-state index is 13.9. The number of hydrogen-bond donors (Lipinski definition) is 0. The fourth-order valence-electron chi connectivity index (χ4n) is 4.95. The molecule has 2 rings (SSSR count). The Hall–Kier alpha value is -2.35. The Bertz CT molecular complexity index is 1020. The number of ether oxygens (including phenoxy) is 3. The van der Waals surface area contributed by atoms with E-state index in [1.54, 1.807) is 0 Å². The van der Waals surface area contributed by atoms with E-state index in [-0.39, 0.29) is 22.9 Å². The van der Waals surface area contributed by atoms with Crippen molar-refractivity contribution in [2.24, 2.45) is 16.2 Å². The minimum atomic E-state index is -2.23. The van der Waals surface area contributed by atoms with Gasteiger partial charge in [-0.2, -0.15) is 8.78 Å². The number of benzene rings is 2. The molecule has 0 heterocycles. The number of hydrogen-bond acceptors (Lipinski definition) is 3. The molecule has 0 saturated carbocycles. The van der Waals surface area contributed by atoms with E-state index >= 15 is 0 Å². The fraction of sp³-hybridized carbons (Fsp3) is 0.600. The van der Waals surface area contributed by atoms with Gasteiger partial charge in [0.25, 0.3) is 0 Å². The molecule has 0 saturated heterocycles. The lowest BCUT2D eigenvalue weighted by molar-refractivity contribution is -0.0953. The maximum Gasteiger partial charge on any atom is 0.206 e. The minimum Gasteiger partial charge on any atom is -0.485 e. The highest BCUT2D eigenvalue weighted by molar-refractivity contribution is 5.32. The summed E-state index contributed by atoms with van der Waals surface area (Å²) in [6, 6.07) is 7.87. The van der Waals surface area contributed by atoms with Crippen LogP contribution < -0.4 is 9.47 Å². The SMILES string of the molecule is CC(C)(C)CCC(OCCOc1c(F)c(F)c(F)c(F)c1F)Oc1ccc(C(C(C)(C)C)C(C)(C)C)cc1. The standard InChI is InChI=1S/C30H41F5O3/c1-28(2,3)15-14-20(36-16-17-37-26-24(34)22(32)21(31)23(33)25(26)35)38-19-12-10-18(11-13-19)27(29(4,5)6)30(7,8)9/h10-13,20,27H,14-17H2,1-9H3.